The molecule has 2 aromatic rings. The van der Waals surface area contributed by atoms with Crippen LogP contribution in [0.1, 0.15) is 37.3 Å². The van der Waals surface area contributed by atoms with Gasteiger partial charge in [-0.05, 0) is 43.7 Å². The van der Waals surface area contributed by atoms with E-state index < -0.39 is 0 Å². The lowest BCUT2D eigenvalue weighted by atomic mass is 10.1. The molecule has 0 unspecified atom stereocenters. The molecule has 0 aliphatic heterocycles. The fraction of sp³-hybridized carbons (Fsp3) is 0.455. The van der Waals surface area contributed by atoms with Gasteiger partial charge in [0.15, 0.2) is 6.73 Å². The van der Waals surface area contributed by atoms with Crippen molar-refractivity contribution >= 4 is 11.4 Å². The maximum absolute atomic E-state index is 10.2. The number of aromatic hydroxyl groups is 1. The number of benzene rings is 2. The predicted molar refractivity (Wildman–Crippen MR) is 110 cm³/mol. The van der Waals surface area contributed by atoms with Crippen LogP contribution in [0.15, 0.2) is 52.7 Å². The molecule has 146 valence electrons. The SMILES string of the molecule is CCCCCOC[N+](C)(C)Cc1cc(N=Nc2ccc(C)cc2)ccc1O. The number of nitrogens with zero attached hydrogens (tertiary/aromatic N) is 3. The number of quaternary nitrogens is 1. The normalized spacial score (nSPS) is 12.0. The molecule has 0 amide bonds. The summed E-state index contributed by atoms with van der Waals surface area (Å²) in [5, 5.41) is 18.8. The second-order valence-corrected chi connectivity index (χ2v) is 7.69. The van der Waals surface area contributed by atoms with Gasteiger partial charge in [-0.25, -0.2) is 0 Å². The molecule has 1 N–H and O–H groups in total. The van der Waals surface area contributed by atoms with Crippen molar-refractivity contribution in [3.8, 4) is 5.75 Å². The van der Waals surface area contributed by atoms with Crippen LogP contribution in [-0.4, -0.2) is 37.0 Å². The third-order valence-electron chi connectivity index (χ3n) is 4.31. The average molecular weight is 371 g/mol. The van der Waals surface area contributed by atoms with Gasteiger partial charge in [0.1, 0.15) is 12.3 Å². The molecule has 2 aromatic carbocycles. The summed E-state index contributed by atoms with van der Waals surface area (Å²) in [4.78, 5) is 0. The van der Waals surface area contributed by atoms with Gasteiger partial charge >= 0.3 is 0 Å². The van der Waals surface area contributed by atoms with E-state index in [2.05, 4.69) is 31.2 Å². The van der Waals surface area contributed by atoms with Gasteiger partial charge in [0.05, 0.1) is 37.6 Å². The van der Waals surface area contributed by atoms with E-state index in [1.807, 2.05) is 37.3 Å². The summed E-state index contributed by atoms with van der Waals surface area (Å²) in [6, 6.07) is 13.3. The number of unbranched alkanes of at least 4 members (excludes halogenated alkanes) is 2. The van der Waals surface area contributed by atoms with Crippen LogP contribution in [-0.2, 0) is 11.3 Å². The number of hydrogen-bond acceptors (Lipinski definition) is 4. The van der Waals surface area contributed by atoms with Crippen LogP contribution in [0.5, 0.6) is 5.75 Å². The van der Waals surface area contributed by atoms with Crippen LogP contribution in [0, 0.1) is 6.92 Å². The first-order valence-electron chi connectivity index (χ1n) is 9.60. The van der Waals surface area contributed by atoms with Crippen LogP contribution in [0.2, 0.25) is 0 Å². The number of phenolic OH excluding ortho intramolecular Hbond substituents is 1. The zero-order valence-electron chi connectivity index (χ0n) is 17.0. The number of hydrogen-bond donors (Lipinski definition) is 1. The van der Waals surface area contributed by atoms with E-state index in [9.17, 15) is 5.11 Å². The minimum Gasteiger partial charge on any atom is -0.507 e. The Morgan fingerprint density at radius 1 is 0.963 bits per heavy atom. The Bertz CT molecular complexity index is 740. The fourth-order valence-corrected chi connectivity index (χ4v) is 2.76. The first-order valence-corrected chi connectivity index (χ1v) is 9.60. The minimum absolute atomic E-state index is 0.279. The molecule has 0 aliphatic carbocycles. The third-order valence-corrected chi connectivity index (χ3v) is 4.31. The first-order chi connectivity index (χ1) is 12.9. The molecular weight excluding hydrogens is 338 g/mol. The summed E-state index contributed by atoms with van der Waals surface area (Å²) in [5.41, 5.74) is 3.58. The van der Waals surface area contributed by atoms with E-state index in [1.54, 1.807) is 12.1 Å². The number of azo groups is 1. The summed E-state index contributed by atoms with van der Waals surface area (Å²) in [6.45, 7) is 6.28. The molecule has 2 rings (SSSR count). The predicted octanol–water partition coefficient (Wildman–Crippen LogP) is 5.86. The first kappa shape index (κ1) is 21.1. The van der Waals surface area contributed by atoms with Crippen molar-refractivity contribution in [2.24, 2.45) is 10.2 Å². The summed E-state index contributed by atoms with van der Waals surface area (Å²) in [6.07, 6.45) is 3.48. The van der Waals surface area contributed by atoms with Crippen LogP contribution >= 0.6 is 0 Å². The summed E-state index contributed by atoms with van der Waals surface area (Å²) < 4.78 is 6.44. The van der Waals surface area contributed by atoms with Crippen molar-refractivity contribution in [2.75, 3.05) is 27.4 Å². The van der Waals surface area contributed by atoms with Crippen molar-refractivity contribution in [1.82, 2.24) is 0 Å². The van der Waals surface area contributed by atoms with Crippen molar-refractivity contribution in [1.29, 1.82) is 0 Å². The lowest BCUT2D eigenvalue weighted by Crippen LogP contribution is -2.40. The molecule has 0 spiro atoms. The number of phenols is 1. The maximum Gasteiger partial charge on any atom is 0.182 e. The molecule has 5 heteroatoms. The highest BCUT2D eigenvalue weighted by atomic mass is 16.5. The maximum atomic E-state index is 10.2. The molecule has 0 atom stereocenters. The monoisotopic (exact) mass is 370 g/mol. The van der Waals surface area contributed by atoms with E-state index in [4.69, 9.17) is 4.74 Å². The van der Waals surface area contributed by atoms with Gasteiger partial charge in [0.2, 0.25) is 0 Å². The second-order valence-electron chi connectivity index (χ2n) is 7.69. The van der Waals surface area contributed by atoms with Gasteiger partial charge in [0.25, 0.3) is 0 Å². The summed E-state index contributed by atoms with van der Waals surface area (Å²) in [5.74, 6) is 0.279. The molecule has 0 aliphatic rings. The average Bonchev–Trinajstić information content (AvgIpc) is 2.63. The topological polar surface area (TPSA) is 54.2 Å². The molecule has 0 heterocycles. The third kappa shape index (κ3) is 7.49. The molecule has 0 fully saturated rings. The highest BCUT2D eigenvalue weighted by Crippen LogP contribution is 2.27. The molecule has 27 heavy (non-hydrogen) atoms. The molecule has 0 saturated heterocycles. The van der Waals surface area contributed by atoms with Crippen molar-refractivity contribution in [3.63, 3.8) is 0 Å². The second kappa shape index (κ2) is 10.2. The Morgan fingerprint density at radius 3 is 2.33 bits per heavy atom. The molecule has 0 aromatic heterocycles. The minimum atomic E-state index is 0.279. The van der Waals surface area contributed by atoms with Gasteiger partial charge in [-0.1, -0.05) is 37.5 Å². The van der Waals surface area contributed by atoms with Crippen molar-refractivity contribution < 1.29 is 14.3 Å². The zero-order chi connectivity index (χ0) is 19.7. The van der Waals surface area contributed by atoms with Crippen molar-refractivity contribution in [3.05, 3.63) is 53.6 Å². The Balaban J connectivity index is 2.00. The van der Waals surface area contributed by atoms with Gasteiger partial charge in [-0.15, -0.1) is 0 Å². The Kier molecular flexibility index (Phi) is 7.95. The van der Waals surface area contributed by atoms with Crippen LogP contribution < -0.4 is 0 Å². The largest absolute Gasteiger partial charge is 0.507 e. The Morgan fingerprint density at radius 2 is 1.63 bits per heavy atom. The quantitative estimate of drug-likeness (QED) is 0.247. The highest BCUT2D eigenvalue weighted by molar-refractivity contribution is 5.47. The number of aryl methyl sites for hydroxylation is 1. The Hall–Kier alpha value is -2.24. The molecule has 5 nitrogen and oxygen atoms in total. The lowest BCUT2D eigenvalue weighted by Gasteiger charge is -2.29. The van der Waals surface area contributed by atoms with E-state index >= 15 is 0 Å². The summed E-state index contributed by atoms with van der Waals surface area (Å²) >= 11 is 0. The van der Waals surface area contributed by atoms with Gasteiger partial charge in [-0.3, -0.25) is 0 Å². The van der Waals surface area contributed by atoms with E-state index in [0.29, 0.717) is 17.8 Å². The molecular formula is C22H32N3O2+. The molecule has 0 bridgehead atoms. The standard InChI is InChI=1S/C22H31N3O2/c1-5-6-7-14-27-17-25(3,4)16-19-15-21(12-13-22(19)26)24-23-20-10-8-18(2)9-11-20/h8-13,15H,5-7,14,16-17H2,1-4H3/p+1. The van der Waals surface area contributed by atoms with Crippen LogP contribution in [0.4, 0.5) is 11.4 Å². The van der Waals surface area contributed by atoms with E-state index in [1.165, 1.54) is 18.4 Å². The summed E-state index contributed by atoms with van der Waals surface area (Å²) in [7, 11) is 4.19. The van der Waals surface area contributed by atoms with Crippen molar-refractivity contribution in [2.45, 2.75) is 39.7 Å². The van der Waals surface area contributed by atoms with Gasteiger partial charge in [0, 0.05) is 0 Å². The van der Waals surface area contributed by atoms with Gasteiger partial charge in [-0.2, -0.15) is 10.2 Å². The zero-order valence-corrected chi connectivity index (χ0v) is 17.0. The van der Waals surface area contributed by atoms with E-state index in [-0.39, 0.29) is 5.75 Å². The van der Waals surface area contributed by atoms with Crippen LogP contribution in [0.25, 0.3) is 0 Å². The van der Waals surface area contributed by atoms with Crippen LogP contribution in [0.3, 0.4) is 0 Å². The Labute approximate surface area is 162 Å². The highest BCUT2D eigenvalue weighted by Gasteiger charge is 2.18. The van der Waals surface area contributed by atoms with Gasteiger partial charge < -0.3 is 14.3 Å². The molecule has 0 saturated carbocycles. The van der Waals surface area contributed by atoms with E-state index in [0.717, 1.165) is 30.0 Å². The lowest BCUT2D eigenvalue weighted by molar-refractivity contribution is -0.922. The number of rotatable bonds is 10. The fourth-order valence-electron chi connectivity index (χ4n) is 2.76. The molecule has 0 radical (unpaired) electrons. The smallest absolute Gasteiger partial charge is 0.182 e. The number of ether oxygens (including phenoxy) is 1.